The number of hydrogen-bond donors (Lipinski definition) is 1. The van der Waals surface area contributed by atoms with E-state index in [1.54, 1.807) is 13.8 Å². The molecule has 4 nitrogen and oxygen atoms in total. The van der Waals surface area contributed by atoms with E-state index in [-0.39, 0.29) is 17.8 Å². The number of carbonyl (C=O) groups is 2. The molecule has 0 aromatic carbocycles. The Labute approximate surface area is 129 Å². The highest BCUT2D eigenvalue weighted by atomic mass is 16.5. The zero-order valence-corrected chi connectivity index (χ0v) is 14.8. The van der Waals surface area contributed by atoms with Crippen molar-refractivity contribution in [2.75, 3.05) is 6.61 Å². The Bertz CT molecular complexity index is 406. The number of amides is 1. The largest absolute Gasteiger partial charge is 0.463 e. The lowest BCUT2D eigenvalue weighted by Gasteiger charge is -2.29. The molecule has 0 aliphatic heterocycles. The van der Waals surface area contributed by atoms with E-state index in [9.17, 15) is 9.59 Å². The second-order valence-electron chi connectivity index (χ2n) is 6.75. The number of carbonyl (C=O) groups excluding carboxylic acids is 2. The van der Waals surface area contributed by atoms with Gasteiger partial charge in [0, 0.05) is 11.1 Å². The fraction of sp³-hybridized carbons (Fsp3) is 0.765. The summed E-state index contributed by atoms with van der Waals surface area (Å²) < 4.78 is 5.03. The van der Waals surface area contributed by atoms with Crippen LogP contribution in [0.2, 0.25) is 0 Å². The molecule has 0 bridgehead atoms. The monoisotopic (exact) mass is 297 g/mol. The van der Waals surface area contributed by atoms with Crippen LogP contribution in [0.15, 0.2) is 11.3 Å². The Kier molecular flexibility index (Phi) is 7.69. The highest BCUT2D eigenvalue weighted by Gasteiger charge is 2.32. The summed E-state index contributed by atoms with van der Waals surface area (Å²) in [5, 5.41) is 2.95. The highest BCUT2D eigenvalue weighted by Crippen LogP contribution is 2.27. The van der Waals surface area contributed by atoms with Crippen LogP contribution in [0.5, 0.6) is 0 Å². The van der Waals surface area contributed by atoms with Gasteiger partial charge in [-0.1, -0.05) is 41.5 Å². The smallest absolute Gasteiger partial charge is 0.335 e. The first kappa shape index (κ1) is 19.7. The molecule has 0 fully saturated rings. The predicted molar refractivity (Wildman–Crippen MR) is 85.5 cm³/mol. The molecule has 21 heavy (non-hydrogen) atoms. The molecule has 0 saturated carbocycles. The zero-order chi connectivity index (χ0) is 16.8. The lowest BCUT2D eigenvalue weighted by Crippen LogP contribution is -2.40. The van der Waals surface area contributed by atoms with Crippen molar-refractivity contribution in [3.05, 3.63) is 11.3 Å². The molecule has 0 unspecified atom stereocenters. The first-order chi connectivity index (χ1) is 9.53. The third-order valence-electron chi connectivity index (χ3n) is 3.94. The van der Waals surface area contributed by atoms with Crippen LogP contribution in [0.4, 0.5) is 0 Å². The fourth-order valence-corrected chi connectivity index (χ4v) is 1.63. The molecule has 0 aliphatic rings. The molecule has 0 aliphatic carbocycles. The van der Waals surface area contributed by atoms with E-state index in [2.05, 4.69) is 19.2 Å². The van der Waals surface area contributed by atoms with E-state index in [1.165, 1.54) is 0 Å². The van der Waals surface area contributed by atoms with E-state index in [1.807, 2.05) is 27.7 Å². The molecule has 1 amide bonds. The summed E-state index contributed by atoms with van der Waals surface area (Å²) in [6.45, 7) is 15.8. The molecule has 0 aromatic heterocycles. The lowest BCUT2D eigenvalue weighted by molar-refractivity contribution is -0.138. The van der Waals surface area contributed by atoms with Crippen LogP contribution >= 0.6 is 0 Å². The maximum Gasteiger partial charge on any atom is 0.335 e. The molecule has 4 heteroatoms. The van der Waals surface area contributed by atoms with Crippen molar-refractivity contribution in [1.82, 2.24) is 5.32 Å². The predicted octanol–water partition coefficient (Wildman–Crippen LogP) is 3.67. The lowest BCUT2D eigenvalue weighted by atomic mass is 9.80. The van der Waals surface area contributed by atoms with E-state index in [0.717, 1.165) is 0 Å². The van der Waals surface area contributed by atoms with Gasteiger partial charge in [0.2, 0.25) is 5.91 Å². The van der Waals surface area contributed by atoms with Crippen molar-refractivity contribution in [1.29, 1.82) is 0 Å². The molecule has 122 valence electrons. The third-order valence-corrected chi connectivity index (χ3v) is 3.94. The maximum atomic E-state index is 12.5. The maximum absolute atomic E-state index is 12.5. The van der Waals surface area contributed by atoms with Gasteiger partial charge >= 0.3 is 5.97 Å². The molecule has 0 heterocycles. The Morgan fingerprint density at radius 1 is 1.14 bits per heavy atom. The topological polar surface area (TPSA) is 55.4 Å². The Hall–Kier alpha value is -1.32. The molecule has 0 spiro atoms. The van der Waals surface area contributed by atoms with Gasteiger partial charge in [0.05, 0.1) is 12.2 Å². The van der Waals surface area contributed by atoms with Gasteiger partial charge in [-0.15, -0.1) is 0 Å². The summed E-state index contributed by atoms with van der Waals surface area (Å²) in [7, 11) is 0. The van der Waals surface area contributed by atoms with E-state index >= 15 is 0 Å². The summed E-state index contributed by atoms with van der Waals surface area (Å²) in [4.78, 5) is 24.4. The van der Waals surface area contributed by atoms with E-state index < -0.39 is 5.41 Å². The summed E-state index contributed by atoms with van der Waals surface area (Å²) in [6, 6.07) is 0. The normalized spacial score (nSPS) is 13.2. The average Bonchev–Trinajstić information content (AvgIpc) is 2.36. The van der Waals surface area contributed by atoms with Crippen molar-refractivity contribution >= 4 is 11.9 Å². The number of hydrogen-bond acceptors (Lipinski definition) is 3. The number of ether oxygens (including phenoxy) is 1. The SMILES string of the molecule is CCOC(=O)C(C)=C(CC(C)C)NC(=O)C(C)(C)C(C)C. The van der Waals surface area contributed by atoms with Crippen molar-refractivity contribution < 1.29 is 14.3 Å². The number of allylic oxidation sites excluding steroid dienone is 1. The molecular formula is C17H31NO3. The van der Waals surface area contributed by atoms with Crippen molar-refractivity contribution in [2.24, 2.45) is 17.3 Å². The first-order valence-corrected chi connectivity index (χ1v) is 7.72. The Balaban J connectivity index is 5.32. The molecular weight excluding hydrogens is 266 g/mol. The van der Waals surface area contributed by atoms with Crippen LogP contribution in [0, 0.1) is 17.3 Å². The minimum absolute atomic E-state index is 0.0585. The molecule has 0 atom stereocenters. The van der Waals surface area contributed by atoms with Crippen molar-refractivity contribution in [3.63, 3.8) is 0 Å². The van der Waals surface area contributed by atoms with Gasteiger partial charge in [0.25, 0.3) is 0 Å². The van der Waals surface area contributed by atoms with Gasteiger partial charge in [0.15, 0.2) is 0 Å². The molecule has 0 rings (SSSR count). The van der Waals surface area contributed by atoms with Crippen LogP contribution in [-0.2, 0) is 14.3 Å². The molecule has 0 saturated heterocycles. The number of rotatable bonds is 7. The summed E-state index contributed by atoms with van der Waals surface area (Å²) in [6.07, 6.45) is 0.643. The highest BCUT2D eigenvalue weighted by molar-refractivity contribution is 5.91. The van der Waals surface area contributed by atoms with Gasteiger partial charge in [-0.05, 0) is 32.1 Å². The van der Waals surface area contributed by atoms with Crippen LogP contribution in [0.25, 0.3) is 0 Å². The fourth-order valence-electron chi connectivity index (χ4n) is 1.63. The second-order valence-corrected chi connectivity index (χ2v) is 6.75. The van der Waals surface area contributed by atoms with Gasteiger partial charge < -0.3 is 10.1 Å². The van der Waals surface area contributed by atoms with Gasteiger partial charge in [-0.2, -0.15) is 0 Å². The van der Waals surface area contributed by atoms with Crippen LogP contribution in [-0.4, -0.2) is 18.5 Å². The number of esters is 1. The summed E-state index contributed by atoms with van der Waals surface area (Å²) in [5.74, 6) is 0.125. The van der Waals surface area contributed by atoms with Gasteiger partial charge in [-0.3, -0.25) is 4.79 Å². The average molecular weight is 297 g/mol. The van der Waals surface area contributed by atoms with E-state index in [4.69, 9.17) is 4.74 Å². The standard InChI is InChI=1S/C17H31NO3/c1-9-21-15(19)13(6)14(10-11(2)3)18-16(20)17(7,8)12(4)5/h11-12H,9-10H2,1-8H3,(H,18,20). The second kappa shape index (κ2) is 8.20. The van der Waals surface area contributed by atoms with Crippen molar-refractivity contribution in [2.45, 2.75) is 61.8 Å². The third kappa shape index (κ3) is 5.90. The zero-order valence-electron chi connectivity index (χ0n) is 14.8. The van der Waals surface area contributed by atoms with Crippen molar-refractivity contribution in [3.8, 4) is 0 Å². The van der Waals surface area contributed by atoms with Crippen LogP contribution < -0.4 is 5.32 Å². The summed E-state index contributed by atoms with van der Waals surface area (Å²) >= 11 is 0. The Morgan fingerprint density at radius 3 is 2.05 bits per heavy atom. The first-order valence-electron chi connectivity index (χ1n) is 7.72. The Morgan fingerprint density at radius 2 is 1.67 bits per heavy atom. The molecule has 1 N–H and O–H groups in total. The minimum atomic E-state index is -0.489. The van der Waals surface area contributed by atoms with Gasteiger partial charge in [-0.25, -0.2) is 4.79 Å². The van der Waals surface area contributed by atoms with Crippen LogP contribution in [0.3, 0.4) is 0 Å². The molecule has 0 aromatic rings. The number of nitrogens with one attached hydrogen (secondary N) is 1. The summed E-state index contributed by atoms with van der Waals surface area (Å²) in [5.41, 5.74) is 0.664. The quantitative estimate of drug-likeness (QED) is 0.576. The molecule has 0 radical (unpaired) electrons. The van der Waals surface area contributed by atoms with Gasteiger partial charge in [0.1, 0.15) is 0 Å². The minimum Gasteiger partial charge on any atom is -0.463 e. The van der Waals surface area contributed by atoms with E-state index in [0.29, 0.717) is 30.2 Å². The van der Waals surface area contributed by atoms with Crippen LogP contribution in [0.1, 0.15) is 61.8 Å².